The number of carbonyl (C=O) groups is 2. The first-order valence-electron chi connectivity index (χ1n) is 10.2. The normalized spacial score (nSPS) is 14.6. The summed E-state index contributed by atoms with van der Waals surface area (Å²) in [6.07, 6.45) is -2.60. The minimum atomic E-state index is -4.70. The van der Waals surface area contributed by atoms with Gasteiger partial charge in [0.2, 0.25) is 0 Å². The summed E-state index contributed by atoms with van der Waals surface area (Å²) in [5, 5.41) is -1.03. The minimum Gasteiger partial charge on any atom is -0.270 e. The molecule has 0 saturated carbocycles. The lowest BCUT2D eigenvalue weighted by Gasteiger charge is -2.18. The highest BCUT2D eigenvalue weighted by Gasteiger charge is 2.39. The average Bonchev–Trinajstić information content (AvgIpc) is 3.03. The van der Waals surface area contributed by atoms with E-state index in [4.69, 9.17) is 31.0 Å². The highest BCUT2D eigenvalue weighted by Crippen LogP contribution is 2.39. The van der Waals surface area contributed by atoms with Crippen molar-refractivity contribution in [3.63, 3.8) is 0 Å². The first kappa shape index (κ1) is 25.0. The van der Waals surface area contributed by atoms with E-state index in [1.807, 2.05) is 0 Å². The van der Waals surface area contributed by atoms with E-state index in [0.29, 0.717) is 22.3 Å². The van der Waals surface area contributed by atoms with Crippen molar-refractivity contribution in [3.8, 4) is 0 Å². The predicted molar refractivity (Wildman–Crippen MR) is 127 cm³/mol. The number of imide groups is 1. The molecule has 0 aromatic heterocycles. The van der Waals surface area contributed by atoms with Crippen LogP contribution in [-0.2, 0) is 6.54 Å². The van der Waals surface area contributed by atoms with Crippen LogP contribution in [0.2, 0.25) is 10.0 Å². The number of hydrogen-bond acceptors (Lipinski definition) is 2. The fraction of sp³-hybridized carbons (Fsp3) is 0.120. The van der Waals surface area contributed by atoms with Crippen molar-refractivity contribution in [2.45, 2.75) is 18.6 Å². The van der Waals surface area contributed by atoms with Gasteiger partial charge in [-0.25, -0.2) is 4.39 Å². The van der Waals surface area contributed by atoms with Crippen LogP contribution in [0.3, 0.4) is 0 Å². The number of alkyl halides is 3. The molecule has 3 aromatic carbocycles. The van der Waals surface area contributed by atoms with Gasteiger partial charge in [0, 0.05) is 0 Å². The molecule has 3 nitrogen and oxygen atoms in total. The number of rotatable bonds is 5. The van der Waals surface area contributed by atoms with E-state index >= 15 is 0 Å². The Labute approximate surface area is 209 Å². The minimum absolute atomic E-state index is 0.0834. The number of carbonyl (C=O) groups excluding carboxylic acids is 2. The molecular weight excluding hydrogens is 504 g/mol. The topological polar surface area (TPSA) is 37.4 Å². The molecule has 3 aromatic rings. The summed E-state index contributed by atoms with van der Waals surface area (Å²) < 4.78 is 54.8. The monoisotopic (exact) mass is 517 g/mol. The molecule has 0 spiro atoms. The molecule has 1 heterocycles. The van der Waals surface area contributed by atoms with Gasteiger partial charge in [-0.2, -0.15) is 13.2 Å². The van der Waals surface area contributed by atoms with E-state index in [0.717, 1.165) is 23.1 Å². The smallest absolute Gasteiger partial charge is 0.270 e. The Morgan fingerprint density at radius 3 is 2.03 bits per heavy atom. The van der Waals surface area contributed by atoms with Crippen LogP contribution in [0.15, 0.2) is 60.7 Å². The molecule has 1 unspecified atom stereocenters. The molecule has 0 bridgehead atoms. The second-order valence-electron chi connectivity index (χ2n) is 7.88. The number of benzene rings is 3. The van der Waals surface area contributed by atoms with E-state index < -0.39 is 39.8 Å². The molecule has 35 heavy (non-hydrogen) atoms. The molecule has 176 valence electrons. The van der Waals surface area contributed by atoms with E-state index in [-0.39, 0.29) is 17.6 Å². The third-order valence-corrected chi connectivity index (χ3v) is 6.13. The van der Waals surface area contributed by atoms with Gasteiger partial charge in [0.15, 0.2) is 5.82 Å². The number of allylic oxidation sites excluding steroid dienone is 1. The van der Waals surface area contributed by atoms with Crippen LogP contribution in [0.4, 0.5) is 17.6 Å². The second-order valence-corrected chi connectivity index (χ2v) is 8.69. The van der Waals surface area contributed by atoms with Crippen LogP contribution >= 0.6 is 23.2 Å². The molecule has 0 aliphatic carbocycles. The van der Waals surface area contributed by atoms with E-state index in [1.54, 1.807) is 24.3 Å². The maximum Gasteiger partial charge on any atom is 0.399 e. The van der Waals surface area contributed by atoms with Crippen molar-refractivity contribution in [2.24, 2.45) is 0 Å². The lowest BCUT2D eigenvalue weighted by Crippen LogP contribution is -2.31. The quantitative estimate of drug-likeness (QED) is 0.178. The molecular formula is C25H14BCl2F4NO2. The zero-order chi connectivity index (χ0) is 25.5. The molecule has 1 aliphatic heterocycles. The maximum absolute atomic E-state index is 13.7. The SMILES string of the molecule is [B]c1cc(/C=C/C(c2cc(Cl)c(F)c(Cl)c2)C(F)(F)F)ccc1CN1C(=O)c2ccccc2C1=O. The van der Waals surface area contributed by atoms with Gasteiger partial charge in [-0.1, -0.05) is 71.1 Å². The van der Waals surface area contributed by atoms with Crippen molar-refractivity contribution >= 4 is 54.4 Å². The summed E-state index contributed by atoms with van der Waals surface area (Å²) in [5.74, 6) is -3.99. The molecule has 2 radical (unpaired) electrons. The fourth-order valence-corrected chi connectivity index (χ4v) is 4.29. The standard InChI is InChI=1S/C25H14BCl2F4NO2/c26-19-9-13(6-8-18(25(30,31)32)15-10-20(27)22(29)21(28)11-15)5-7-14(19)12-33-23(34)16-3-1-2-4-17(16)24(33)35/h1-11,18H,12H2/b8-6+. The number of fused-ring (bicyclic) bond motifs is 1. The van der Waals surface area contributed by atoms with Crippen LogP contribution in [-0.4, -0.2) is 30.7 Å². The number of hydrogen-bond donors (Lipinski definition) is 0. The Morgan fingerprint density at radius 2 is 1.51 bits per heavy atom. The molecule has 1 atom stereocenters. The van der Waals surface area contributed by atoms with Gasteiger partial charge < -0.3 is 0 Å². The van der Waals surface area contributed by atoms with Crippen molar-refractivity contribution < 1.29 is 27.2 Å². The maximum atomic E-state index is 13.7. The Hall–Kier alpha value is -3.10. The highest BCUT2D eigenvalue weighted by molar-refractivity contribution is 6.35. The molecule has 0 fully saturated rings. The van der Waals surface area contributed by atoms with Gasteiger partial charge in [-0.3, -0.25) is 14.5 Å². The summed E-state index contributed by atoms with van der Waals surface area (Å²) >= 11 is 11.3. The summed E-state index contributed by atoms with van der Waals surface area (Å²) in [5.41, 5.74) is 1.29. The first-order valence-corrected chi connectivity index (χ1v) is 11.0. The third kappa shape index (κ3) is 4.99. The van der Waals surface area contributed by atoms with Crippen LogP contribution in [0, 0.1) is 5.82 Å². The molecule has 4 rings (SSSR count). The Bertz CT molecular complexity index is 1320. The molecule has 0 N–H and O–H groups in total. The van der Waals surface area contributed by atoms with Crippen LogP contribution in [0.5, 0.6) is 0 Å². The van der Waals surface area contributed by atoms with Crippen molar-refractivity contribution in [1.29, 1.82) is 0 Å². The summed E-state index contributed by atoms with van der Waals surface area (Å²) in [6.45, 7) is -0.0834. The third-order valence-electron chi connectivity index (χ3n) is 5.58. The summed E-state index contributed by atoms with van der Waals surface area (Å²) in [6, 6.07) is 12.7. The van der Waals surface area contributed by atoms with Gasteiger partial charge in [-0.15, -0.1) is 0 Å². The zero-order valence-electron chi connectivity index (χ0n) is 17.7. The van der Waals surface area contributed by atoms with Crippen LogP contribution in [0.1, 0.15) is 43.3 Å². The van der Waals surface area contributed by atoms with Crippen molar-refractivity contribution in [2.75, 3.05) is 0 Å². The number of halogens is 6. The highest BCUT2D eigenvalue weighted by atomic mass is 35.5. The largest absolute Gasteiger partial charge is 0.399 e. The first-order chi connectivity index (χ1) is 16.5. The summed E-state index contributed by atoms with van der Waals surface area (Å²) in [7, 11) is 6.07. The zero-order valence-corrected chi connectivity index (χ0v) is 19.3. The van der Waals surface area contributed by atoms with Gasteiger partial charge >= 0.3 is 6.18 Å². The Balaban J connectivity index is 1.57. The second kappa shape index (κ2) is 9.51. The molecule has 2 amide bonds. The van der Waals surface area contributed by atoms with Crippen LogP contribution in [0.25, 0.3) is 6.08 Å². The Kier molecular flexibility index (Phi) is 6.80. The van der Waals surface area contributed by atoms with E-state index in [2.05, 4.69) is 0 Å². The molecule has 1 aliphatic rings. The van der Waals surface area contributed by atoms with Gasteiger partial charge in [-0.05, 0) is 41.0 Å². The van der Waals surface area contributed by atoms with Gasteiger partial charge in [0.1, 0.15) is 7.85 Å². The van der Waals surface area contributed by atoms with E-state index in [9.17, 15) is 27.2 Å². The van der Waals surface area contributed by atoms with Gasteiger partial charge in [0.25, 0.3) is 11.8 Å². The Morgan fingerprint density at radius 1 is 0.943 bits per heavy atom. The van der Waals surface area contributed by atoms with E-state index in [1.165, 1.54) is 24.3 Å². The average molecular weight is 518 g/mol. The number of amides is 2. The lowest BCUT2D eigenvalue weighted by atomic mass is 9.88. The predicted octanol–water partition coefficient (Wildman–Crippen LogP) is 6.08. The molecule has 0 saturated heterocycles. The lowest BCUT2D eigenvalue weighted by molar-refractivity contribution is -0.139. The summed E-state index contributed by atoms with van der Waals surface area (Å²) in [4.78, 5) is 26.2. The van der Waals surface area contributed by atoms with Gasteiger partial charge in [0.05, 0.1) is 33.6 Å². The molecule has 10 heteroatoms. The van der Waals surface area contributed by atoms with Crippen molar-refractivity contribution in [1.82, 2.24) is 4.90 Å². The number of nitrogens with zero attached hydrogens (tertiary/aromatic N) is 1. The van der Waals surface area contributed by atoms with Crippen molar-refractivity contribution in [3.05, 3.63) is 104 Å². The fourth-order valence-electron chi connectivity index (χ4n) is 3.79. The van der Waals surface area contributed by atoms with Crippen LogP contribution < -0.4 is 5.46 Å².